The number of rotatable bonds is 3. The van der Waals surface area contributed by atoms with E-state index in [4.69, 9.17) is 17.3 Å². The number of halogens is 1. The van der Waals surface area contributed by atoms with Crippen LogP contribution in [0.3, 0.4) is 0 Å². The second kappa shape index (κ2) is 5.32. The van der Waals surface area contributed by atoms with Crippen molar-refractivity contribution in [2.75, 3.05) is 5.32 Å². The van der Waals surface area contributed by atoms with E-state index in [0.717, 1.165) is 5.56 Å². The first-order chi connectivity index (χ1) is 7.41. The first-order valence-corrected chi connectivity index (χ1v) is 5.62. The maximum Gasteiger partial charge on any atom is 0.241 e. The van der Waals surface area contributed by atoms with E-state index in [9.17, 15) is 4.79 Å². The quantitative estimate of drug-likeness (QED) is 0.853. The number of carbonyl (C=O) groups excluding carboxylic acids is 1. The van der Waals surface area contributed by atoms with Crippen LogP contribution in [0.25, 0.3) is 0 Å². The fourth-order valence-electron chi connectivity index (χ4n) is 1.20. The maximum atomic E-state index is 11.7. The Labute approximate surface area is 101 Å². The normalized spacial score (nSPS) is 12.6. The van der Waals surface area contributed by atoms with E-state index in [1.807, 2.05) is 32.9 Å². The molecule has 1 aromatic carbocycles. The van der Waals surface area contributed by atoms with Gasteiger partial charge in [0.25, 0.3) is 0 Å². The molecule has 0 radical (unpaired) electrons. The molecule has 88 valence electrons. The predicted molar refractivity (Wildman–Crippen MR) is 67.6 cm³/mol. The number of aryl methyl sites for hydroxylation is 1. The summed E-state index contributed by atoms with van der Waals surface area (Å²) in [4.78, 5) is 11.7. The highest BCUT2D eigenvalue weighted by Crippen LogP contribution is 2.20. The monoisotopic (exact) mass is 240 g/mol. The van der Waals surface area contributed by atoms with Crippen molar-refractivity contribution >= 4 is 23.2 Å². The molecule has 0 unspecified atom stereocenters. The molecule has 0 saturated heterocycles. The topological polar surface area (TPSA) is 55.1 Å². The summed E-state index contributed by atoms with van der Waals surface area (Å²) < 4.78 is 0. The highest BCUT2D eigenvalue weighted by Gasteiger charge is 2.17. The lowest BCUT2D eigenvalue weighted by atomic mass is 10.0. The van der Waals surface area contributed by atoms with Gasteiger partial charge in [-0.25, -0.2) is 0 Å². The molecule has 1 aromatic rings. The van der Waals surface area contributed by atoms with Gasteiger partial charge in [0, 0.05) is 10.7 Å². The van der Waals surface area contributed by atoms with Crippen molar-refractivity contribution in [1.29, 1.82) is 0 Å². The summed E-state index contributed by atoms with van der Waals surface area (Å²) >= 11 is 5.96. The van der Waals surface area contributed by atoms with Gasteiger partial charge in [0.2, 0.25) is 5.91 Å². The Morgan fingerprint density at radius 3 is 2.56 bits per heavy atom. The van der Waals surface area contributed by atoms with Gasteiger partial charge in [-0.05, 0) is 30.5 Å². The molecule has 0 fully saturated rings. The smallest absolute Gasteiger partial charge is 0.241 e. The SMILES string of the molecule is Cc1ccc(NC(=O)[C@@H](N)C(C)C)cc1Cl. The molecule has 0 aromatic heterocycles. The van der Waals surface area contributed by atoms with E-state index in [1.165, 1.54) is 0 Å². The van der Waals surface area contributed by atoms with Crippen LogP contribution >= 0.6 is 11.6 Å². The minimum atomic E-state index is -0.500. The van der Waals surface area contributed by atoms with Crippen molar-refractivity contribution in [2.24, 2.45) is 11.7 Å². The van der Waals surface area contributed by atoms with Crippen LogP contribution in [0.15, 0.2) is 18.2 Å². The average molecular weight is 241 g/mol. The summed E-state index contributed by atoms with van der Waals surface area (Å²) in [5.41, 5.74) is 7.39. The van der Waals surface area contributed by atoms with Crippen molar-refractivity contribution < 1.29 is 4.79 Å². The van der Waals surface area contributed by atoms with Crippen LogP contribution in [0.2, 0.25) is 5.02 Å². The molecule has 4 heteroatoms. The summed E-state index contributed by atoms with van der Waals surface area (Å²) in [6.45, 7) is 5.73. The molecule has 0 aliphatic heterocycles. The standard InChI is InChI=1S/C12H17ClN2O/c1-7(2)11(14)12(16)15-9-5-4-8(3)10(13)6-9/h4-7,11H,14H2,1-3H3,(H,15,16)/t11-/m0/s1. The Kier molecular flexibility index (Phi) is 4.33. The molecule has 0 bridgehead atoms. The zero-order valence-electron chi connectivity index (χ0n) is 9.75. The Morgan fingerprint density at radius 2 is 2.06 bits per heavy atom. The van der Waals surface area contributed by atoms with Crippen LogP contribution in [0.1, 0.15) is 19.4 Å². The number of hydrogen-bond donors (Lipinski definition) is 2. The molecule has 1 amide bonds. The van der Waals surface area contributed by atoms with Crippen molar-refractivity contribution in [1.82, 2.24) is 0 Å². The van der Waals surface area contributed by atoms with Gasteiger partial charge in [-0.1, -0.05) is 31.5 Å². The molecular formula is C12H17ClN2O. The zero-order chi connectivity index (χ0) is 12.3. The lowest BCUT2D eigenvalue weighted by molar-refractivity contribution is -0.118. The van der Waals surface area contributed by atoms with Crippen LogP contribution in [-0.4, -0.2) is 11.9 Å². The highest BCUT2D eigenvalue weighted by molar-refractivity contribution is 6.31. The number of nitrogens with one attached hydrogen (secondary N) is 1. The third-order valence-electron chi connectivity index (χ3n) is 2.46. The number of hydrogen-bond acceptors (Lipinski definition) is 2. The van der Waals surface area contributed by atoms with Crippen molar-refractivity contribution in [3.05, 3.63) is 28.8 Å². The fraction of sp³-hybridized carbons (Fsp3) is 0.417. The number of anilines is 1. The van der Waals surface area contributed by atoms with E-state index in [-0.39, 0.29) is 11.8 Å². The molecule has 1 atom stereocenters. The van der Waals surface area contributed by atoms with E-state index < -0.39 is 6.04 Å². The largest absolute Gasteiger partial charge is 0.325 e. The van der Waals surface area contributed by atoms with Gasteiger partial charge in [-0.3, -0.25) is 4.79 Å². The van der Waals surface area contributed by atoms with Crippen LogP contribution in [0.4, 0.5) is 5.69 Å². The molecule has 3 nitrogen and oxygen atoms in total. The molecular weight excluding hydrogens is 224 g/mol. The minimum Gasteiger partial charge on any atom is -0.325 e. The van der Waals surface area contributed by atoms with Crippen molar-refractivity contribution in [2.45, 2.75) is 26.8 Å². The summed E-state index contributed by atoms with van der Waals surface area (Å²) in [5, 5.41) is 3.38. The maximum absolute atomic E-state index is 11.7. The molecule has 0 aliphatic rings. The highest BCUT2D eigenvalue weighted by atomic mass is 35.5. The molecule has 0 saturated carbocycles. The van der Waals surface area contributed by atoms with Crippen LogP contribution in [0.5, 0.6) is 0 Å². The van der Waals surface area contributed by atoms with Crippen molar-refractivity contribution in [3.63, 3.8) is 0 Å². The molecule has 1 rings (SSSR count). The van der Waals surface area contributed by atoms with Gasteiger partial charge < -0.3 is 11.1 Å². The minimum absolute atomic E-state index is 0.112. The second-order valence-corrected chi connectivity index (χ2v) is 4.63. The molecule has 3 N–H and O–H groups in total. The van der Waals surface area contributed by atoms with E-state index in [0.29, 0.717) is 10.7 Å². The average Bonchev–Trinajstić information content (AvgIpc) is 2.22. The van der Waals surface area contributed by atoms with Crippen LogP contribution in [0, 0.1) is 12.8 Å². The first-order valence-electron chi connectivity index (χ1n) is 5.24. The second-order valence-electron chi connectivity index (χ2n) is 4.22. The summed E-state index contributed by atoms with van der Waals surface area (Å²) in [6.07, 6.45) is 0. The van der Waals surface area contributed by atoms with E-state index >= 15 is 0 Å². The Hall–Kier alpha value is -1.06. The Bertz CT molecular complexity index is 391. The van der Waals surface area contributed by atoms with Gasteiger partial charge in [0.1, 0.15) is 0 Å². The molecule has 0 aliphatic carbocycles. The zero-order valence-corrected chi connectivity index (χ0v) is 10.5. The lowest BCUT2D eigenvalue weighted by Crippen LogP contribution is -2.39. The van der Waals surface area contributed by atoms with E-state index in [2.05, 4.69) is 5.32 Å². The first kappa shape index (κ1) is 13.0. The van der Waals surface area contributed by atoms with Gasteiger partial charge in [0.05, 0.1) is 6.04 Å². The number of nitrogens with two attached hydrogens (primary N) is 1. The lowest BCUT2D eigenvalue weighted by Gasteiger charge is -2.15. The number of amides is 1. The summed E-state index contributed by atoms with van der Waals surface area (Å²) in [6, 6.07) is 4.90. The van der Waals surface area contributed by atoms with Gasteiger partial charge in [0.15, 0.2) is 0 Å². The predicted octanol–water partition coefficient (Wildman–Crippen LogP) is 2.57. The molecule has 0 heterocycles. The van der Waals surface area contributed by atoms with Gasteiger partial charge in [-0.2, -0.15) is 0 Å². The number of carbonyl (C=O) groups is 1. The van der Waals surface area contributed by atoms with Crippen molar-refractivity contribution in [3.8, 4) is 0 Å². The van der Waals surface area contributed by atoms with Gasteiger partial charge in [-0.15, -0.1) is 0 Å². The molecule has 0 spiro atoms. The molecule has 16 heavy (non-hydrogen) atoms. The number of benzene rings is 1. The summed E-state index contributed by atoms with van der Waals surface area (Å²) in [5.74, 6) is -0.0733. The Balaban J connectivity index is 2.74. The summed E-state index contributed by atoms with van der Waals surface area (Å²) in [7, 11) is 0. The van der Waals surface area contributed by atoms with Crippen LogP contribution < -0.4 is 11.1 Å². The van der Waals surface area contributed by atoms with Crippen LogP contribution in [-0.2, 0) is 4.79 Å². The third-order valence-corrected chi connectivity index (χ3v) is 2.87. The van der Waals surface area contributed by atoms with Gasteiger partial charge >= 0.3 is 0 Å². The third kappa shape index (κ3) is 3.22. The fourth-order valence-corrected chi connectivity index (χ4v) is 1.38. The Morgan fingerprint density at radius 1 is 1.44 bits per heavy atom. The van der Waals surface area contributed by atoms with E-state index in [1.54, 1.807) is 6.07 Å².